The minimum Gasteiger partial charge on any atom is -0.487 e. The molecule has 3 heteroatoms. The van der Waals surface area contributed by atoms with Crippen molar-refractivity contribution in [2.24, 2.45) is 5.92 Å². The Labute approximate surface area is 120 Å². The summed E-state index contributed by atoms with van der Waals surface area (Å²) in [6.45, 7) is 5.92. The molecule has 2 nitrogen and oxygen atoms in total. The van der Waals surface area contributed by atoms with E-state index in [4.69, 9.17) is 21.1 Å². The number of hydrogen-bond acceptors (Lipinski definition) is 2. The van der Waals surface area contributed by atoms with Crippen molar-refractivity contribution in [2.75, 3.05) is 13.2 Å². The van der Waals surface area contributed by atoms with Gasteiger partial charge in [0.15, 0.2) is 0 Å². The molecule has 2 aliphatic heterocycles. The van der Waals surface area contributed by atoms with E-state index in [1.54, 1.807) is 0 Å². The molecule has 0 bridgehead atoms. The Morgan fingerprint density at radius 1 is 1.37 bits per heavy atom. The van der Waals surface area contributed by atoms with Crippen LogP contribution < -0.4 is 4.74 Å². The molecular formula is C16H21ClO2. The fourth-order valence-electron chi connectivity index (χ4n) is 3.07. The molecule has 1 fully saturated rings. The zero-order valence-electron chi connectivity index (χ0n) is 11.6. The van der Waals surface area contributed by atoms with Crippen molar-refractivity contribution >= 4 is 11.6 Å². The zero-order valence-corrected chi connectivity index (χ0v) is 12.4. The number of alkyl halides is 1. The molecule has 0 amide bonds. The molecule has 1 saturated heterocycles. The van der Waals surface area contributed by atoms with Crippen molar-refractivity contribution in [3.8, 4) is 5.75 Å². The van der Waals surface area contributed by atoms with Crippen LogP contribution >= 0.6 is 11.6 Å². The monoisotopic (exact) mass is 280 g/mol. The average molecular weight is 281 g/mol. The van der Waals surface area contributed by atoms with E-state index in [0.29, 0.717) is 5.92 Å². The van der Waals surface area contributed by atoms with Crippen molar-refractivity contribution in [3.05, 3.63) is 29.3 Å². The number of fused-ring (bicyclic) bond motifs is 1. The highest BCUT2D eigenvalue weighted by atomic mass is 35.5. The Kier molecular flexibility index (Phi) is 3.48. The van der Waals surface area contributed by atoms with Gasteiger partial charge in [0.05, 0.1) is 12.0 Å². The Bertz CT molecular complexity index is 464. The number of rotatable bonds is 2. The Balaban J connectivity index is 1.79. The Hall–Kier alpha value is -0.730. The maximum Gasteiger partial charge on any atom is 0.123 e. The van der Waals surface area contributed by atoms with Crippen LogP contribution in [0.5, 0.6) is 5.75 Å². The minimum absolute atomic E-state index is 0.0503. The number of benzene rings is 1. The Morgan fingerprint density at radius 3 is 2.95 bits per heavy atom. The van der Waals surface area contributed by atoms with Crippen LogP contribution in [-0.4, -0.2) is 18.8 Å². The quantitative estimate of drug-likeness (QED) is 0.759. The highest BCUT2D eigenvalue weighted by Crippen LogP contribution is 2.40. The van der Waals surface area contributed by atoms with E-state index in [1.165, 1.54) is 11.1 Å². The van der Waals surface area contributed by atoms with Crippen LogP contribution in [0.4, 0.5) is 0 Å². The first-order valence-corrected chi connectivity index (χ1v) is 7.52. The minimum atomic E-state index is -0.0866. The van der Waals surface area contributed by atoms with Crippen LogP contribution in [0.15, 0.2) is 18.2 Å². The molecule has 0 aliphatic carbocycles. The highest BCUT2D eigenvalue weighted by molar-refractivity contribution is 6.21. The van der Waals surface area contributed by atoms with Gasteiger partial charge in [0, 0.05) is 18.9 Å². The molecule has 3 rings (SSSR count). The standard InChI is InChI=1S/C16H21ClO2/c1-16(2)9-13-8-11(5-6-14(13)19-16)15(17)12-4-3-7-18-10-12/h5-6,8,12,15H,3-4,7,9-10H2,1-2H3. The van der Waals surface area contributed by atoms with E-state index in [1.807, 2.05) is 0 Å². The van der Waals surface area contributed by atoms with E-state index in [9.17, 15) is 0 Å². The molecule has 0 spiro atoms. The molecule has 104 valence electrons. The van der Waals surface area contributed by atoms with Gasteiger partial charge in [0.1, 0.15) is 11.4 Å². The summed E-state index contributed by atoms with van der Waals surface area (Å²) in [5, 5.41) is 0.0503. The number of hydrogen-bond donors (Lipinski definition) is 0. The van der Waals surface area contributed by atoms with Gasteiger partial charge in [-0.15, -0.1) is 11.6 Å². The van der Waals surface area contributed by atoms with Gasteiger partial charge in [0.25, 0.3) is 0 Å². The van der Waals surface area contributed by atoms with E-state index < -0.39 is 0 Å². The smallest absolute Gasteiger partial charge is 0.123 e. The van der Waals surface area contributed by atoms with E-state index >= 15 is 0 Å². The van der Waals surface area contributed by atoms with Crippen LogP contribution in [0.2, 0.25) is 0 Å². The van der Waals surface area contributed by atoms with Crippen LogP contribution in [0.25, 0.3) is 0 Å². The third kappa shape index (κ3) is 2.75. The van der Waals surface area contributed by atoms with Gasteiger partial charge in [-0.1, -0.05) is 12.1 Å². The maximum absolute atomic E-state index is 6.64. The van der Waals surface area contributed by atoms with Crippen molar-refractivity contribution in [3.63, 3.8) is 0 Å². The summed E-state index contributed by atoms with van der Waals surface area (Å²) in [7, 11) is 0. The molecule has 2 unspecified atom stereocenters. The van der Waals surface area contributed by atoms with Gasteiger partial charge in [-0.05, 0) is 43.9 Å². The molecule has 0 saturated carbocycles. The number of halogens is 1. The Morgan fingerprint density at radius 2 is 2.21 bits per heavy atom. The van der Waals surface area contributed by atoms with Gasteiger partial charge in [-0.2, -0.15) is 0 Å². The molecular weight excluding hydrogens is 260 g/mol. The van der Waals surface area contributed by atoms with Crippen LogP contribution in [0, 0.1) is 5.92 Å². The summed E-state index contributed by atoms with van der Waals surface area (Å²) in [5.74, 6) is 1.45. The summed E-state index contributed by atoms with van der Waals surface area (Å²) in [5.41, 5.74) is 2.40. The summed E-state index contributed by atoms with van der Waals surface area (Å²) >= 11 is 6.64. The first kappa shape index (κ1) is 13.3. The SMILES string of the molecule is CC1(C)Cc2cc(C(Cl)C3CCCOC3)ccc2O1. The summed E-state index contributed by atoms with van der Waals surface area (Å²) < 4.78 is 11.4. The van der Waals surface area contributed by atoms with Crippen molar-refractivity contribution in [2.45, 2.75) is 44.1 Å². The van der Waals surface area contributed by atoms with Crippen LogP contribution in [0.3, 0.4) is 0 Å². The lowest BCUT2D eigenvalue weighted by Crippen LogP contribution is -2.24. The van der Waals surface area contributed by atoms with Crippen molar-refractivity contribution in [1.82, 2.24) is 0 Å². The van der Waals surface area contributed by atoms with Crippen LogP contribution in [-0.2, 0) is 11.2 Å². The lowest BCUT2D eigenvalue weighted by atomic mass is 9.92. The van der Waals surface area contributed by atoms with E-state index in [-0.39, 0.29) is 11.0 Å². The number of ether oxygens (including phenoxy) is 2. The second kappa shape index (κ2) is 4.99. The van der Waals surface area contributed by atoms with Gasteiger partial charge in [-0.25, -0.2) is 0 Å². The molecule has 2 aliphatic rings. The van der Waals surface area contributed by atoms with E-state index in [2.05, 4.69) is 32.0 Å². The second-order valence-electron chi connectivity index (χ2n) is 6.28. The predicted molar refractivity (Wildman–Crippen MR) is 77.0 cm³/mol. The third-order valence-corrected chi connectivity index (χ3v) is 4.62. The largest absolute Gasteiger partial charge is 0.487 e. The summed E-state index contributed by atoms with van der Waals surface area (Å²) in [4.78, 5) is 0. The van der Waals surface area contributed by atoms with Gasteiger partial charge in [0.2, 0.25) is 0 Å². The average Bonchev–Trinajstić information content (AvgIpc) is 2.71. The lowest BCUT2D eigenvalue weighted by Gasteiger charge is -2.26. The topological polar surface area (TPSA) is 18.5 Å². The van der Waals surface area contributed by atoms with Gasteiger partial charge in [-0.3, -0.25) is 0 Å². The first-order valence-electron chi connectivity index (χ1n) is 7.09. The molecule has 2 atom stereocenters. The molecule has 1 aromatic carbocycles. The summed E-state index contributed by atoms with van der Waals surface area (Å²) in [6.07, 6.45) is 3.24. The normalized spacial score (nSPS) is 26.6. The molecule has 0 aromatic heterocycles. The van der Waals surface area contributed by atoms with Crippen molar-refractivity contribution in [1.29, 1.82) is 0 Å². The predicted octanol–water partition coefficient (Wildman–Crippen LogP) is 4.11. The fraction of sp³-hybridized carbons (Fsp3) is 0.625. The van der Waals surface area contributed by atoms with Crippen molar-refractivity contribution < 1.29 is 9.47 Å². The highest BCUT2D eigenvalue weighted by Gasteiger charge is 2.31. The summed E-state index contributed by atoms with van der Waals surface area (Å²) in [6, 6.07) is 6.39. The lowest BCUT2D eigenvalue weighted by molar-refractivity contribution is 0.0531. The molecule has 0 radical (unpaired) electrons. The molecule has 19 heavy (non-hydrogen) atoms. The second-order valence-corrected chi connectivity index (χ2v) is 6.75. The third-order valence-electron chi connectivity index (χ3n) is 4.01. The zero-order chi connectivity index (χ0) is 13.5. The van der Waals surface area contributed by atoms with E-state index in [0.717, 1.165) is 38.2 Å². The molecule has 1 aromatic rings. The molecule has 2 heterocycles. The maximum atomic E-state index is 6.64. The fourth-order valence-corrected chi connectivity index (χ4v) is 3.40. The van der Waals surface area contributed by atoms with Gasteiger partial charge >= 0.3 is 0 Å². The van der Waals surface area contributed by atoms with Crippen LogP contribution in [0.1, 0.15) is 43.2 Å². The molecule has 0 N–H and O–H groups in total. The first-order chi connectivity index (χ1) is 9.05. The van der Waals surface area contributed by atoms with Gasteiger partial charge < -0.3 is 9.47 Å².